The summed E-state index contributed by atoms with van der Waals surface area (Å²) in [5.41, 5.74) is 1.79. The lowest BCUT2D eigenvalue weighted by Crippen LogP contribution is -2.30. The highest BCUT2D eigenvalue weighted by Gasteiger charge is 2.32. The van der Waals surface area contributed by atoms with Crippen molar-refractivity contribution in [2.24, 2.45) is 4.99 Å². The van der Waals surface area contributed by atoms with Gasteiger partial charge in [0.25, 0.3) is 5.91 Å². The van der Waals surface area contributed by atoms with Crippen molar-refractivity contribution < 1.29 is 19.0 Å². The molecule has 0 spiro atoms. The summed E-state index contributed by atoms with van der Waals surface area (Å²) in [5, 5.41) is 1.07. The van der Waals surface area contributed by atoms with Gasteiger partial charge in [0, 0.05) is 5.75 Å². The molecule has 0 aromatic heterocycles. The van der Waals surface area contributed by atoms with Crippen molar-refractivity contribution >= 4 is 46.2 Å². The maximum Gasteiger partial charge on any atom is 0.283 e. The van der Waals surface area contributed by atoms with E-state index in [-0.39, 0.29) is 5.91 Å². The predicted molar refractivity (Wildman–Crippen MR) is 132 cm³/mol. The van der Waals surface area contributed by atoms with E-state index in [9.17, 15) is 4.79 Å². The van der Waals surface area contributed by atoms with E-state index in [1.54, 1.807) is 55.2 Å². The molecule has 0 N–H and O–H groups in total. The Morgan fingerprint density at radius 3 is 2.47 bits per heavy atom. The molecule has 0 fully saturated rings. The molecule has 0 aliphatic carbocycles. The molecule has 2 aromatic carbocycles. The van der Waals surface area contributed by atoms with Crippen molar-refractivity contribution in [1.29, 1.82) is 0 Å². The molecule has 0 saturated heterocycles. The number of hydrogen-bond donors (Lipinski definition) is 0. The molecule has 1 aliphatic rings. The first-order valence-corrected chi connectivity index (χ1v) is 11.8. The van der Waals surface area contributed by atoms with Gasteiger partial charge in [0.05, 0.1) is 31.5 Å². The average Bonchev–Trinajstić information content (AvgIpc) is 3.09. The fourth-order valence-electron chi connectivity index (χ4n) is 3.13. The second kappa shape index (κ2) is 11.3. The van der Waals surface area contributed by atoms with E-state index in [0.29, 0.717) is 45.4 Å². The molecule has 1 amide bonds. The van der Waals surface area contributed by atoms with Gasteiger partial charge in [-0.1, -0.05) is 42.8 Å². The van der Waals surface area contributed by atoms with Crippen molar-refractivity contribution in [2.75, 3.05) is 31.5 Å². The van der Waals surface area contributed by atoms with E-state index < -0.39 is 0 Å². The normalized spacial score (nSPS) is 14.7. The molecule has 0 unspecified atom stereocenters. The number of rotatable bonds is 9. The first-order chi connectivity index (χ1) is 15.5. The van der Waals surface area contributed by atoms with Gasteiger partial charge in [-0.25, -0.2) is 4.99 Å². The Labute approximate surface area is 198 Å². The van der Waals surface area contributed by atoms with Crippen LogP contribution < -0.4 is 19.1 Å². The highest BCUT2D eigenvalue weighted by molar-refractivity contribution is 8.14. The fourth-order valence-corrected chi connectivity index (χ4v) is 4.48. The minimum absolute atomic E-state index is 0.210. The summed E-state index contributed by atoms with van der Waals surface area (Å²) in [5.74, 6) is 2.47. The number of amidine groups is 1. The number of halogens is 1. The quantitative estimate of drug-likeness (QED) is 0.328. The van der Waals surface area contributed by atoms with E-state index >= 15 is 0 Å². The van der Waals surface area contributed by atoms with Crippen LogP contribution in [0.15, 0.2) is 47.1 Å². The molecule has 0 saturated carbocycles. The van der Waals surface area contributed by atoms with Crippen molar-refractivity contribution in [3.05, 3.63) is 52.7 Å². The molecule has 2 aromatic rings. The maximum atomic E-state index is 13.3. The number of nitrogens with zero attached hydrogens (tertiary/aromatic N) is 2. The maximum absolute atomic E-state index is 13.3. The molecule has 170 valence electrons. The summed E-state index contributed by atoms with van der Waals surface area (Å²) in [6, 6.07) is 10.8. The van der Waals surface area contributed by atoms with Crippen LogP contribution in [-0.2, 0) is 4.79 Å². The summed E-state index contributed by atoms with van der Waals surface area (Å²) in [6.45, 7) is 4.59. The van der Waals surface area contributed by atoms with Gasteiger partial charge in [0.2, 0.25) is 0 Å². The fraction of sp³-hybridized carbons (Fsp3) is 0.333. The Hall–Kier alpha value is -2.64. The number of thioether (sulfide) groups is 1. The summed E-state index contributed by atoms with van der Waals surface area (Å²) in [6.07, 6.45) is 3.85. The molecular weight excluding hydrogens is 448 g/mol. The molecule has 8 heteroatoms. The SMILES string of the molecule is CCCCSC1=NC(=Cc2ccc(OCC)c(OC)c2)C(=O)N1c1ccc(OC)c(Cl)c1. The zero-order valence-electron chi connectivity index (χ0n) is 18.7. The van der Waals surface area contributed by atoms with Gasteiger partial charge in [0.1, 0.15) is 11.4 Å². The van der Waals surface area contributed by atoms with Crippen LogP contribution in [0.4, 0.5) is 5.69 Å². The van der Waals surface area contributed by atoms with Crippen molar-refractivity contribution in [3.8, 4) is 17.2 Å². The van der Waals surface area contributed by atoms with Gasteiger partial charge < -0.3 is 14.2 Å². The summed E-state index contributed by atoms with van der Waals surface area (Å²) < 4.78 is 16.2. The van der Waals surface area contributed by atoms with Crippen LogP contribution in [-0.4, -0.2) is 37.7 Å². The van der Waals surface area contributed by atoms with E-state index in [1.165, 1.54) is 0 Å². The number of hydrogen-bond acceptors (Lipinski definition) is 6. The number of ether oxygens (including phenoxy) is 3. The number of methoxy groups -OCH3 is 2. The summed E-state index contributed by atoms with van der Waals surface area (Å²) >= 11 is 7.88. The largest absolute Gasteiger partial charge is 0.495 e. The second-order valence-electron chi connectivity index (χ2n) is 6.93. The average molecular weight is 475 g/mol. The van der Waals surface area contributed by atoms with Crippen LogP contribution >= 0.6 is 23.4 Å². The lowest BCUT2D eigenvalue weighted by atomic mass is 10.1. The topological polar surface area (TPSA) is 60.4 Å². The number of benzene rings is 2. The van der Waals surface area contributed by atoms with E-state index in [0.717, 1.165) is 24.2 Å². The third kappa shape index (κ3) is 5.40. The highest BCUT2D eigenvalue weighted by atomic mass is 35.5. The lowest BCUT2D eigenvalue weighted by Gasteiger charge is -2.18. The number of carbonyl (C=O) groups excluding carboxylic acids is 1. The summed E-state index contributed by atoms with van der Waals surface area (Å²) in [4.78, 5) is 19.6. The van der Waals surface area contributed by atoms with Gasteiger partial charge in [-0.05, 0) is 55.3 Å². The van der Waals surface area contributed by atoms with Crippen LogP contribution in [0.5, 0.6) is 17.2 Å². The molecule has 0 bridgehead atoms. The van der Waals surface area contributed by atoms with Crippen molar-refractivity contribution in [1.82, 2.24) is 0 Å². The van der Waals surface area contributed by atoms with Crippen LogP contribution in [0, 0.1) is 0 Å². The van der Waals surface area contributed by atoms with Crippen LogP contribution in [0.25, 0.3) is 6.08 Å². The number of aliphatic imine (C=N–C) groups is 1. The van der Waals surface area contributed by atoms with Gasteiger partial charge >= 0.3 is 0 Å². The van der Waals surface area contributed by atoms with Gasteiger partial charge in [-0.15, -0.1) is 0 Å². The van der Waals surface area contributed by atoms with Crippen LogP contribution in [0.3, 0.4) is 0 Å². The zero-order valence-corrected chi connectivity index (χ0v) is 20.3. The monoisotopic (exact) mass is 474 g/mol. The molecule has 1 heterocycles. The third-order valence-corrected chi connectivity index (χ3v) is 6.06. The number of amides is 1. The van der Waals surface area contributed by atoms with E-state index in [4.69, 9.17) is 25.8 Å². The molecule has 0 radical (unpaired) electrons. The number of unbranched alkanes of at least 4 members (excludes halogenated alkanes) is 1. The molecule has 3 rings (SSSR count). The Bertz CT molecular complexity index is 1040. The molecule has 32 heavy (non-hydrogen) atoms. The van der Waals surface area contributed by atoms with Crippen LogP contribution in [0.1, 0.15) is 32.3 Å². The molecular formula is C24H27ClN2O4S. The van der Waals surface area contributed by atoms with Gasteiger partial charge in [0.15, 0.2) is 16.7 Å². The molecule has 6 nitrogen and oxygen atoms in total. The van der Waals surface area contributed by atoms with Gasteiger partial charge in [-0.3, -0.25) is 9.69 Å². The molecule has 0 atom stereocenters. The Morgan fingerprint density at radius 1 is 1.06 bits per heavy atom. The smallest absolute Gasteiger partial charge is 0.283 e. The highest BCUT2D eigenvalue weighted by Crippen LogP contribution is 2.35. The van der Waals surface area contributed by atoms with E-state index in [1.807, 2.05) is 25.1 Å². The lowest BCUT2D eigenvalue weighted by molar-refractivity contribution is -0.113. The minimum Gasteiger partial charge on any atom is -0.495 e. The first kappa shape index (κ1) is 24.0. The number of carbonyl (C=O) groups is 1. The first-order valence-electron chi connectivity index (χ1n) is 10.4. The molecule has 1 aliphatic heterocycles. The minimum atomic E-state index is -0.210. The Balaban J connectivity index is 1.96. The van der Waals surface area contributed by atoms with Crippen LogP contribution in [0.2, 0.25) is 5.02 Å². The second-order valence-corrected chi connectivity index (χ2v) is 8.40. The summed E-state index contributed by atoms with van der Waals surface area (Å²) in [7, 11) is 3.15. The van der Waals surface area contributed by atoms with Gasteiger partial charge in [-0.2, -0.15) is 0 Å². The number of anilines is 1. The Morgan fingerprint density at radius 2 is 1.81 bits per heavy atom. The Kier molecular flexibility index (Phi) is 8.47. The predicted octanol–water partition coefficient (Wildman–Crippen LogP) is 6.03. The van der Waals surface area contributed by atoms with E-state index in [2.05, 4.69) is 11.9 Å². The third-order valence-electron chi connectivity index (χ3n) is 4.74. The van der Waals surface area contributed by atoms with Crippen molar-refractivity contribution in [3.63, 3.8) is 0 Å². The van der Waals surface area contributed by atoms with Crippen molar-refractivity contribution in [2.45, 2.75) is 26.7 Å². The zero-order chi connectivity index (χ0) is 23.1. The standard InChI is InChI=1S/C24H27ClN2O4S/c1-5-7-12-32-24-26-19(13-16-8-10-21(31-6-2)22(14-16)30-4)23(28)27(24)17-9-11-20(29-3)18(25)15-17/h8-11,13-15H,5-7,12H2,1-4H3.